The van der Waals surface area contributed by atoms with Crippen molar-refractivity contribution >= 4 is 23.4 Å². The number of nitrogens with one attached hydrogen (secondary N) is 1. The van der Waals surface area contributed by atoms with Crippen molar-refractivity contribution in [2.75, 3.05) is 25.1 Å². The van der Waals surface area contributed by atoms with Gasteiger partial charge in [0.2, 0.25) is 0 Å². The second-order valence-electron chi connectivity index (χ2n) is 4.94. The number of carboxylic acid groups (broad SMARTS) is 1. The molecule has 0 radical (unpaired) electrons. The molecule has 6 nitrogen and oxygen atoms in total. The number of halogens is 1. The third-order valence-electron chi connectivity index (χ3n) is 3.61. The van der Waals surface area contributed by atoms with Gasteiger partial charge in [-0.25, -0.2) is 4.98 Å². The van der Waals surface area contributed by atoms with Crippen LogP contribution in [0.3, 0.4) is 0 Å². The molecule has 0 bridgehead atoms. The van der Waals surface area contributed by atoms with Gasteiger partial charge in [-0.15, -0.1) is 0 Å². The Balaban J connectivity index is 2.01. The van der Waals surface area contributed by atoms with Crippen LogP contribution in [0.4, 0.5) is 5.82 Å². The van der Waals surface area contributed by atoms with Gasteiger partial charge >= 0.3 is 5.97 Å². The molecule has 0 aromatic carbocycles. The number of nitrogens with zero attached hydrogens (tertiary/aromatic N) is 2. The predicted octanol–water partition coefficient (Wildman–Crippen LogP) is 2.15. The summed E-state index contributed by atoms with van der Waals surface area (Å²) in [6, 6.07) is 3.45. The minimum absolute atomic E-state index is 0.0842. The Hall–Kier alpha value is -1.84. The van der Waals surface area contributed by atoms with Crippen LogP contribution in [0.5, 0.6) is 0 Å². The summed E-state index contributed by atoms with van der Waals surface area (Å²) >= 11 is 6.01. The second kappa shape index (κ2) is 7.25. The zero-order chi connectivity index (χ0) is 15.2. The average Bonchev–Trinajstić information content (AvgIpc) is 2.49. The highest BCUT2D eigenvalue weighted by Gasteiger charge is 2.29. The number of ether oxygens (including phenoxy) is 1. The molecule has 0 aliphatic carbocycles. The third kappa shape index (κ3) is 4.06. The van der Waals surface area contributed by atoms with E-state index in [4.69, 9.17) is 21.6 Å². The van der Waals surface area contributed by atoms with E-state index in [0.29, 0.717) is 29.6 Å². The Morgan fingerprint density at radius 2 is 2.33 bits per heavy atom. The quantitative estimate of drug-likeness (QED) is 0.865. The Morgan fingerprint density at radius 1 is 1.62 bits per heavy atom. The number of aliphatic carboxylic acids is 1. The fraction of sp³-hybridized carbons (Fsp3) is 0.500. The van der Waals surface area contributed by atoms with Gasteiger partial charge < -0.3 is 15.2 Å². The number of hydrogen-bond donors (Lipinski definition) is 2. The number of aromatic nitrogens is 1. The van der Waals surface area contributed by atoms with Gasteiger partial charge in [-0.2, -0.15) is 5.26 Å². The van der Waals surface area contributed by atoms with Crippen LogP contribution in [0.25, 0.3) is 0 Å². The van der Waals surface area contributed by atoms with Gasteiger partial charge in [0.05, 0.1) is 16.5 Å². The van der Waals surface area contributed by atoms with E-state index in [1.54, 1.807) is 0 Å². The second-order valence-corrected chi connectivity index (χ2v) is 5.35. The summed E-state index contributed by atoms with van der Waals surface area (Å²) in [5.41, 5.74) is 0.366. The van der Waals surface area contributed by atoms with Crippen LogP contribution in [-0.4, -0.2) is 35.8 Å². The standard InChI is InChI=1S/C14H16ClN3O3/c15-12-5-9(6-16)7-17-13(12)18-8-11(14(19)20)10-1-3-21-4-2-10/h5,7,10-11H,1-4,8H2,(H,17,18)(H,19,20). The molecule has 1 unspecified atom stereocenters. The monoisotopic (exact) mass is 309 g/mol. The summed E-state index contributed by atoms with van der Waals surface area (Å²) in [5.74, 6) is -0.864. The Labute approximate surface area is 127 Å². The summed E-state index contributed by atoms with van der Waals surface area (Å²) in [4.78, 5) is 15.5. The van der Waals surface area contributed by atoms with E-state index in [1.807, 2.05) is 6.07 Å². The number of carbonyl (C=O) groups is 1. The normalized spacial score (nSPS) is 17.0. The maximum Gasteiger partial charge on any atom is 0.308 e. The number of rotatable bonds is 5. The fourth-order valence-corrected chi connectivity index (χ4v) is 2.64. The fourth-order valence-electron chi connectivity index (χ4n) is 2.41. The molecule has 1 atom stereocenters. The molecule has 7 heteroatoms. The van der Waals surface area contributed by atoms with E-state index < -0.39 is 11.9 Å². The van der Waals surface area contributed by atoms with Crippen LogP contribution in [-0.2, 0) is 9.53 Å². The lowest BCUT2D eigenvalue weighted by molar-refractivity contribution is -0.144. The van der Waals surface area contributed by atoms with Crippen molar-refractivity contribution in [3.63, 3.8) is 0 Å². The molecule has 1 aliphatic heterocycles. The number of hydrogen-bond acceptors (Lipinski definition) is 5. The lowest BCUT2D eigenvalue weighted by Gasteiger charge is -2.27. The molecule has 1 aliphatic rings. The van der Waals surface area contributed by atoms with Crippen molar-refractivity contribution in [2.45, 2.75) is 12.8 Å². The average molecular weight is 310 g/mol. The maximum absolute atomic E-state index is 11.4. The van der Waals surface area contributed by atoms with Gasteiger partial charge in [0, 0.05) is 26.0 Å². The molecule has 112 valence electrons. The van der Waals surface area contributed by atoms with Crippen molar-refractivity contribution in [3.8, 4) is 6.07 Å². The Kier molecular flexibility index (Phi) is 5.37. The number of carboxylic acids is 1. The molecule has 0 amide bonds. The largest absolute Gasteiger partial charge is 0.481 e. The summed E-state index contributed by atoms with van der Waals surface area (Å²) in [6.07, 6.45) is 2.89. The van der Waals surface area contributed by atoms with Crippen LogP contribution in [0.1, 0.15) is 18.4 Å². The van der Waals surface area contributed by atoms with Crippen molar-refractivity contribution in [1.82, 2.24) is 4.98 Å². The zero-order valence-corrected chi connectivity index (χ0v) is 12.1. The number of anilines is 1. The van der Waals surface area contributed by atoms with Crippen LogP contribution < -0.4 is 5.32 Å². The minimum atomic E-state index is -0.834. The highest BCUT2D eigenvalue weighted by molar-refractivity contribution is 6.33. The first-order valence-corrected chi connectivity index (χ1v) is 7.09. The lowest BCUT2D eigenvalue weighted by atomic mass is 9.86. The van der Waals surface area contributed by atoms with E-state index in [-0.39, 0.29) is 12.5 Å². The number of pyridine rings is 1. The van der Waals surface area contributed by atoms with Crippen LogP contribution >= 0.6 is 11.6 Å². The van der Waals surface area contributed by atoms with E-state index in [1.165, 1.54) is 12.3 Å². The molecule has 1 saturated heterocycles. The zero-order valence-electron chi connectivity index (χ0n) is 11.4. The van der Waals surface area contributed by atoms with Gasteiger partial charge in [-0.1, -0.05) is 11.6 Å². The van der Waals surface area contributed by atoms with Gasteiger partial charge in [-0.3, -0.25) is 4.79 Å². The maximum atomic E-state index is 11.4. The molecule has 1 fully saturated rings. The minimum Gasteiger partial charge on any atom is -0.481 e. The Bertz CT molecular complexity index is 553. The highest BCUT2D eigenvalue weighted by Crippen LogP contribution is 2.26. The van der Waals surface area contributed by atoms with E-state index >= 15 is 0 Å². The van der Waals surface area contributed by atoms with Gasteiger partial charge in [0.15, 0.2) is 0 Å². The molecule has 2 rings (SSSR count). The first-order chi connectivity index (χ1) is 10.1. The summed E-state index contributed by atoms with van der Waals surface area (Å²) < 4.78 is 5.26. The molecule has 1 aromatic rings. The molecule has 1 aromatic heterocycles. The molecule has 21 heavy (non-hydrogen) atoms. The molecular formula is C14H16ClN3O3. The SMILES string of the molecule is N#Cc1cnc(NCC(C(=O)O)C2CCOCC2)c(Cl)c1. The molecule has 2 N–H and O–H groups in total. The van der Waals surface area contributed by atoms with Crippen LogP contribution in [0.15, 0.2) is 12.3 Å². The number of nitriles is 1. The highest BCUT2D eigenvalue weighted by atomic mass is 35.5. The molecule has 0 spiro atoms. The van der Waals surface area contributed by atoms with Crippen molar-refractivity contribution in [2.24, 2.45) is 11.8 Å². The van der Waals surface area contributed by atoms with Gasteiger partial charge in [-0.05, 0) is 24.8 Å². The van der Waals surface area contributed by atoms with E-state index in [2.05, 4.69) is 10.3 Å². The first kappa shape index (κ1) is 15.5. The lowest BCUT2D eigenvalue weighted by Crippen LogP contribution is -2.34. The Morgan fingerprint density at radius 3 is 2.90 bits per heavy atom. The predicted molar refractivity (Wildman–Crippen MR) is 77.1 cm³/mol. The summed E-state index contributed by atoms with van der Waals surface area (Å²) in [6.45, 7) is 1.45. The smallest absolute Gasteiger partial charge is 0.308 e. The first-order valence-electron chi connectivity index (χ1n) is 6.72. The van der Waals surface area contributed by atoms with E-state index in [9.17, 15) is 9.90 Å². The van der Waals surface area contributed by atoms with Crippen molar-refractivity contribution < 1.29 is 14.6 Å². The van der Waals surface area contributed by atoms with E-state index in [0.717, 1.165) is 12.8 Å². The van der Waals surface area contributed by atoms with Gasteiger partial charge in [0.1, 0.15) is 11.9 Å². The molecule has 2 heterocycles. The van der Waals surface area contributed by atoms with Gasteiger partial charge in [0.25, 0.3) is 0 Å². The van der Waals surface area contributed by atoms with Crippen LogP contribution in [0, 0.1) is 23.2 Å². The molecular weight excluding hydrogens is 294 g/mol. The van der Waals surface area contributed by atoms with Crippen molar-refractivity contribution in [3.05, 3.63) is 22.8 Å². The third-order valence-corrected chi connectivity index (χ3v) is 3.90. The molecule has 0 saturated carbocycles. The van der Waals surface area contributed by atoms with Crippen molar-refractivity contribution in [1.29, 1.82) is 5.26 Å². The summed E-state index contributed by atoms with van der Waals surface area (Å²) in [5, 5.41) is 21.4. The van der Waals surface area contributed by atoms with Crippen LogP contribution in [0.2, 0.25) is 5.02 Å². The summed E-state index contributed by atoms with van der Waals surface area (Å²) in [7, 11) is 0. The topological polar surface area (TPSA) is 95.2 Å².